The Bertz CT molecular complexity index is 295. The molecule has 1 heterocycles. The molecule has 20 heavy (non-hydrogen) atoms. The predicted octanol–water partition coefficient (Wildman–Crippen LogP) is 1.28. The van der Waals surface area contributed by atoms with Gasteiger partial charge in [0.25, 0.3) is 0 Å². The van der Waals surface area contributed by atoms with E-state index >= 15 is 0 Å². The highest BCUT2D eigenvalue weighted by molar-refractivity contribution is 5.83. The summed E-state index contributed by atoms with van der Waals surface area (Å²) in [5.74, 6) is 0.197. The molecule has 0 spiro atoms. The molecule has 5 heteroatoms. The average molecular weight is 286 g/mol. The van der Waals surface area contributed by atoms with E-state index in [9.17, 15) is 4.79 Å². The van der Waals surface area contributed by atoms with Gasteiger partial charge in [-0.1, -0.05) is 13.8 Å². The standard InChI is InChI=1S/C15H30N2O3/c1-15(2)7-5-8-16-13(15)14(18)17(10-12-20-4)9-6-11-19-3/h13,16H,5-12H2,1-4H3. The van der Waals surface area contributed by atoms with E-state index in [-0.39, 0.29) is 17.4 Å². The van der Waals surface area contributed by atoms with Crippen LogP contribution in [0.25, 0.3) is 0 Å². The predicted molar refractivity (Wildman–Crippen MR) is 79.8 cm³/mol. The topological polar surface area (TPSA) is 50.8 Å². The zero-order valence-corrected chi connectivity index (χ0v) is 13.4. The van der Waals surface area contributed by atoms with Crippen LogP contribution in [0.4, 0.5) is 0 Å². The highest BCUT2D eigenvalue weighted by atomic mass is 16.5. The van der Waals surface area contributed by atoms with Crippen LogP contribution < -0.4 is 5.32 Å². The minimum absolute atomic E-state index is 0.0158. The van der Waals surface area contributed by atoms with Crippen molar-refractivity contribution in [1.82, 2.24) is 10.2 Å². The lowest BCUT2D eigenvalue weighted by Crippen LogP contribution is -2.57. The van der Waals surface area contributed by atoms with Gasteiger partial charge in [-0.05, 0) is 31.2 Å². The van der Waals surface area contributed by atoms with E-state index < -0.39 is 0 Å². The van der Waals surface area contributed by atoms with Crippen molar-refractivity contribution in [3.05, 3.63) is 0 Å². The van der Waals surface area contributed by atoms with Crippen molar-refractivity contribution in [2.75, 3.05) is 47.1 Å². The lowest BCUT2D eigenvalue weighted by atomic mass is 9.77. The lowest BCUT2D eigenvalue weighted by molar-refractivity contribution is -0.138. The maximum atomic E-state index is 12.8. The van der Waals surface area contributed by atoms with E-state index in [0.29, 0.717) is 19.8 Å². The molecule has 5 nitrogen and oxygen atoms in total. The molecular formula is C15H30N2O3. The van der Waals surface area contributed by atoms with E-state index in [1.54, 1.807) is 14.2 Å². The van der Waals surface area contributed by atoms with Crippen LogP contribution in [0.2, 0.25) is 0 Å². The van der Waals surface area contributed by atoms with Crippen molar-refractivity contribution in [3.63, 3.8) is 0 Å². The summed E-state index contributed by atoms with van der Waals surface area (Å²) < 4.78 is 10.2. The number of nitrogens with zero attached hydrogens (tertiary/aromatic N) is 1. The molecule has 0 bridgehead atoms. The number of hydrogen-bond donors (Lipinski definition) is 1. The zero-order chi connectivity index (χ0) is 15.0. The molecule has 1 aliphatic heterocycles. The maximum Gasteiger partial charge on any atom is 0.240 e. The third-order valence-corrected chi connectivity index (χ3v) is 4.03. The molecule has 0 aliphatic carbocycles. The number of carbonyl (C=O) groups excluding carboxylic acids is 1. The number of nitrogens with one attached hydrogen (secondary N) is 1. The molecule has 0 aromatic carbocycles. The van der Waals surface area contributed by atoms with Gasteiger partial charge in [-0.15, -0.1) is 0 Å². The van der Waals surface area contributed by atoms with Crippen LogP contribution in [0.1, 0.15) is 33.1 Å². The first-order valence-electron chi connectivity index (χ1n) is 7.53. The van der Waals surface area contributed by atoms with Crippen LogP contribution in [-0.2, 0) is 14.3 Å². The second-order valence-electron chi connectivity index (χ2n) is 6.14. The maximum absolute atomic E-state index is 12.8. The molecule has 1 fully saturated rings. The summed E-state index contributed by atoms with van der Waals surface area (Å²) in [6.07, 6.45) is 3.09. The first kappa shape index (κ1) is 17.4. The Morgan fingerprint density at radius 2 is 1.95 bits per heavy atom. The molecule has 1 unspecified atom stereocenters. The monoisotopic (exact) mass is 286 g/mol. The lowest BCUT2D eigenvalue weighted by Gasteiger charge is -2.40. The second-order valence-corrected chi connectivity index (χ2v) is 6.14. The minimum atomic E-state index is -0.0874. The van der Waals surface area contributed by atoms with Gasteiger partial charge in [0.15, 0.2) is 0 Å². The van der Waals surface area contributed by atoms with Crippen LogP contribution >= 0.6 is 0 Å². The van der Waals surface area contributed by atoms with Crippen LogP contribution in [0, 0.1) is 5.41 Å². The molecule has 1 N–H and O–H groups in total. The SMILES string of the molecule is COCCCN(CCOC)C(=O)C1NCCCC1(C)C. The fourth-order valence-corrected chi connectivity index (χ4v) is 2.75. The highest BCUT2D eigenvalue weighted by Gasteiger charge is 2.38. The summed E-state index contributed by atoms with van der Waals surface area (Å²) in [5.41, 5.74) is 0.0158. The molecule has 0 aromatic heterocycles. The van der Waals surface area contributed by atoms with Gasteiger partial charge in [-0.2, -0.15) is 0 Å². The molecule has 1 rings (SSSR count). The van der Waals surface area contributed by atoms with Gasteiger partial charge < -0.3 is 19.7 Å². The summed E-state index contributed by atoms with van der Waals surface area (Å²) >= 11 is 0. The molecule has 1 atom stereocenters. The van der Waals surface area contributed by atoms with Crippen LogP contribution in [0.15, 0.2) is 0 Å². The summed E-state index contributed by atoms with van der Waals surface area (Å²) in [4.78, 5) is 14.7. The van der Waals surface area contributed by atoms with E-state index in [1.807, 2.05) is 4.90 Å². The van der Waals surface area contributed by atoms with Gasteiger partial charge in [0.2, 0.25) is 5.91 Å². The average Bonchev–Trinajstić information content (AvgIpc) is 2.41. The number of piperidine rings is 1. The highest BCUT2D eigenvalue weighted by Crippen LogP contribution is 2.31. The molecule has 1 saturated heterocycles. The number of ether oxygens (including phenoxy) is 2. The summed E-state index contributed by atoms with van der Waals surface area (Å²) in [5, 5.41) is 3.39. The van der Waals surface area contributed by atoms with Crippen molar-refractivity contribution in [1.29, 1.82) is 0 Å². The third kappa shape index (κ3) is 5.04. The fourth-order valence-electron chi connectivity index (χ4n) is 2.75. The quantitative estimate of drug-likeness (QED) is 0.683. The fraction of sp³-hybridized carbons (Fsp3) is 0.933. The Balaban J connectivity index is 2.64. The smallest absolute Gasteiger partial charge is 0.240 e. The van der Waals surface area contributed by atoms with Gasteiger partial charge in [0.05, 0.1) is 12.6 Å². The van der Waals surface area contributed by atoms with Crippen molar-refractivity contribution in [2.45, 2.75) is 39.2 Å². The second kappa shape index (κ2) is 8.60. The van der Waals surface area contributed by atoms with E-state index in [4.69, 9.17) is 9.47 Å². The van der Waals surface area contributed by atoms with Crippen molar-refractivity contribution in [3.8, 4) is 0 Å². The van der Waals surface area contributed by atoms with Crippen molar-refractivity contribution >= 4 is 5.91 Å². The van der Waals surface area contributed by atoms with E-state index in [0.717, 1.165) is 32.4 Å². The van der Waals surface area contributed by atoms with Crippen LogP contribution in [0.3, 0.4) is 0 Å². The van der Waals surface area contributed by atoms with Crippen molar-refractivity contribution < 1.29 is 14.3 Å². The summed E-state index contributed by atoms with van der Waals surface area (Å²) in [6, 6.07) is -0.0874. The number of methoxy groups -OCH3 is 2. The molecular weight excluding hydrogens is 256 g/mol. The molecule has 0 radical (unpaired) electrons. The van der Waals surface area contributed by atoms with Gasteiger partial charge in [0, 0.05) is 33.9 Å². The van der Waals surface area contributed by atoms with Gasteiger partial charge >= 0.3 is 0 Å². The Morgan fingerprint density at radius 3 is 2.55 bits per heavy atom. The number of hydrogen-bond acceptors (Lipinski definition) is 4. The number of rotatable bonds is 8. The number of carbonyl (C=O) groups is 1. The Labute approximate surface area is 123 Å². The van der Waals surface area contributed by atoms with E-state index in [2.05, 4.69) is 19.2 Å². The normalized spacial score (nSPS) is 21.7. The van der Waals surface area contributed by atoms with Gasteiger partial charge in [-0.25, -0.2) is 0 Å². The summed E-state index contributed by atoms with van der Waals surface area (Å²) in [7, 11) is 3.35. The molecule has 1 aliphatic rings. The minimum Gasteiger partial charge on any atom is -0.385 e. The first-order valence-corrected chi connectivity index (χ1v) is 7.53. The van der Waals surface area contributed by atoms with E-state index in [1.165, 1.54) is 0 Å². The Hall–Kier alpha value is -0.650. The number of amides is 1. The van der Waals surface area contributed by atoms with Gasteiger partial charge in [-0.3, -0.25) is 4.79 Å². The van der Waals surface area contributed by atoms with Crippen LogP contribution in [-0.4, -0.2) is 63.9 Å². The van der Waals surface area contributed by atoms with Crippen molar-refractivity contribution in [2.24, 2.45) is 5.41 Å². The first-order chi connectivity index (χ1) is 9.53. The Morgan fingerprint density at radius 1 is 1.25 bits per heavy atom. The largest absolute Gasteiger partial charge is 0.385 e. The molecule has 0 aromatic rings. The van der Waals surface area contributed by atoms with Crippen LogP contribution in [0.5, 0.6) is 0 Å². The van der Waals surface area contributed by atoms with Gasteiger partial charge in [0.1, 0.15) is 0 Å². The third-order valence-electron chi connectivity index (χ3n) is 4.03. The molecule has 118 valence electrons. The summed E-state index contributed by atoms with van der Waals surface area (Å²) in [6.45, 7) is 7.90. The zero-order valence-electron chi connectivity index (χ0n) is 13.4. The molecule has 0 saturated carbocycles. The molecule has 1 amide bonds. The Kier molecular flexibility index (Phi) is 7.48.